The van der Waals surface area contributed by atoms with Crippen molar-refractivity contribution in [2.75, 3.05) is 27.3 Å². The average molecular weight is 343 g/mol. The Morgan fingerprint density at radius 2 is 1.68 bits per heavy atom. The molecule has 0 saturated heterocycles. The monoisotopic (exact) mass is 343 g/mol. The Labute approximate surface area is 147 Å². The molecule has 0 aliphatic heterocycles. The predicted molar refractivity (Wildman–Crippen MR) is 93.4 cm³/mol. The van der Waals surface area contributed by atoms with Crippen LogP contribution in [0.15, 0.2) is 48.5 Å². The lowest BCUT2D eigenvalue weighted by molar-refractivity contribution is -0.133. The number of rotatable bonds is 7. The van der Waals surface area contributed by atoms with E-state index >= 15 is 0 Å². The molecule has 3 rings (SSSR count). The van der Waals surface area contributed by atoms with Gasteiger partial charge in [-0.1, -0.05) is 12.1 Å². The lowest BCUT2D eigenvalue weighted by atomic mass is 9.94. The van der Waals surface area contributed by atoms with E-state index in [2.05, 4.69) is 0 Å². The van der Waals surface area contributed by atoms with Crippen molar-refractivity contribution >= 4 is 5.91 Å². The number of ether oxygens (including phenoxy) is 2. The van der Waals surface area contributed by atoms with E-state index < -0.39 is 5.41 Å². The highest BCUT2D eigenvalue weighted by Gasteiger charge is 2.52. The van der Waals surface area contributed by atoms with Gasteiger partial charge in [0.2, 0.25) is 5.91 Å². The van der Waals surface area contributed by atoms with Crippen molar-refractivity contribution in [2.45, 2.75) is 18.3 Å². The summed E-state index contributed by atoms with van der Waals surface area (Å²) in [6.45, 7) is 0.905. The van der Waals surface area contributed by atoms with Gasteiger partial charge in [0, 0.05) is 7.05 Å². The Hall–Kier alpha value is -2.56. The average Bonchev–Trinajstić information content (AvgIpc) is 3.44. The number of likely N-dealkylation sites (N-methyl/N-ethyl adjacent to an activating group) is 1. The molecule has 1 fully saturated rings. The first kappa shape index (κ1) is 17.3. The second kappa shape index (κ2) is 7.13. The van der Waals surface area contributed by atoms with E-state index in [0.29, 0.717) is 13.2 Å². The van der Waals surface area contributed by atoms with Crippen LogP contribution < -0.4 is 9.47 Å². The molecule has 132 valence electrons. The molecular weight excluding hydrogens is 321 g/mol. The first-order chi connectivity index (χ1) is 12.0. The van der Waals surface area contributed by atoms with Crippen LogP contribution in [0.4, 0.5) is 4.39 Å². The molecule has 2 aromatic rings. The summed E-state index contributed by atoms with van der Waals surface area (Å²) in [6, 6.07) is 13.6. The summed E-state index contributed by atoms with van der Waals surface area (Å²) >= 11 is 0. The zero-order valence-electron chi connectivity index (χ0n) is 14.5. The molecule has 2 aromatic carbocycles. The predicted octanol–water partition coefficient (Wildman–Crippen LogP) is 3.40. The van der Waals surface area contributed by atoms with Gasteiger partial charge in [0.1, 0.15) is 23.9 Å². The van der Waals surface area contributed by atoms with Crippen molar-refractivity contribution in [3.05, 3.63) is 59.9 Å². The molecule has 1 aliphatic rings. The minimum absolute atomic E-state index is 0.0671. The van der Waals surface area contributed by atoms with Gasteiger partial charge in [-0.25, -0.2) is 4.39 Å². The van der Waals surface area contributed by atoms with Crippen LogP contribution in [0.25, 0.3) is 0 Å². The van der Waals surface area contributed by atoms with Crippen LogP contribution in [0, 0.1) is 5.82 Å². The summed E-state index contributed by atoms with van der Waals surface area (Å²) in [4.78, 5) is 14.5. The summed E-state index contributed by atoms with van der Waals surface area (Å²) in [5.41, 5.74) is 0.407. The van der Waals surface area contributed by atoms with Gasteiger partial charge in [0.15, 0.2) is 0 Å². The van der Waals surface area contributed by atoms with E-state index in [1.807, 2.05) is 24.3 Å². The molecule has 0 aromatic heterocycles. The lowest BCUT2D eigenvalue weighted by Gasteiger charge is -2.24. The van der Waals surface area contributed by atoms with Gasteiger partial charge in [0.25, 0.3) is 0 Å². The molecule has 0 radical (unpaired) electrons. The molecule has 4 nitrogen and oxygen atoms in total. The van der Waals surface area contributed by atoms with E-state index in [0.717, 1.165) is 29.9 Å². The van der Waals surface area contributed by atoms with Crippen molar-refractivity contribution in [1.82, 2.24) is 4.90 Å². The molecule has 1 aliphatic carbocycles. The molecule has 0 N–H and O–H groups in total. The zero-order chi connectivity index (χ0) is 17.9. The number of carbonyl (C=O) groups is 1. The molecule has 1 saturated carbocycles. The first-order valence-electron chi connectivity index (χ1n) is 8.34. The quantitative estimate of drug-likeness (QED) is 0.773. The van der Waals surface area contributed by atoms with Crippen LogP contribution in [0.5, 0.6) is 11.5 Å². The van der Waals surface area contributed by atoms with Crippen LogP contribution in [0.1, 0.15) is 18.4 Å². The number of hydrogen-bond donors (Lipinski definition) is 0. The number of benzene rings is 2. The zero-order valence-corrected chi connectivity index (χ0v) is 14.5. The van der Waals surface area contributed by atoms with Gasteiger partial charge in [0.05, 0.1) is 19.1 Å². The lowest BCUT2D eigenvalue weighted by Crippen LogP contribution is -2.38. The third kappa shape index (κ3) is 3.76. The molecular formula is C20H22FNO3. The van der Waals surface area contributed by atoms with Crippen molar-refractivity contribution in [1.29, 1.82) is 0 Å². The highest BCUT2D eigenvalue weighted by atomic mass is 19.1. The van der Waals surface area contributed by atoms with E-state index in [4.69, 9.17) is 9.47 Å². The van der Waals surface area contributed by atoms with Gasteiger partial charge in [-0.15, -0.1) is 0 Å². The molecule has 5 heteroatoms. The fourth-order valence-electron chi connectivity index (χ4n) is 2.96. The van der Waals surface area contributed by atoms with Gasteiger partial charge in [-0.2, -0.15) is 0 Å². The summed E-state index contributed by atoms with van der Waals surface area (Å²) in [5.74, 6) is 1.29. The standard InChI is InChI=1S/C20H22FNO3/c1-22(13-14-25-18-9-7-17(24-2)8-10-18)19(23)20(11-12-20)15-3-5-16(21)6-4-15/h3-10H,11-14H2,1-2H3. The SMILES string of the molecule is COc1ccc(OCCN(C)C(=O)C2(c3ccc(F)cc3)CC2)cc1. The van der Waals surface area contributed by atoms with E-state index in [1.54, 1.807) is 31.2 Å². The molecule has 0 spiro atoms. The molecule has 0 heterocycles. The third-order valence-electron chi connectivity index (χ3n) is 4.66. The number of hydrogen-bond acceptors (Lipinski definition) is 3. The van der Waals surface area contributed by atoms with E-state index in [9.17, 15) is 9.18 Å². The van der Waals surface area contributed by atoms with E-state index in [-0.39, 0.29) is 11.7 Å². The number of nitrogens with zero attached hydrogens (tertiary/aromatic N) is 1. The Kier molecular flexibility index (Phi) is 4.93. The van der Waals surface area contributed by atoms with Crippen molar-refractivity contribution < 1.29 is 18.7 Å². The van der Waals surface area contributed by atoms with E-state index in [1.165, 1.54) is 12.1 Å². The van der Waals surface area contributed by atoms with Crippen molar-refractivity contribution in [2.24, 2.45) is 0 Å². The molecule has 25 heavy (non-hydrogen) atoms. The number of halogens is 1. The molecule has 0 bridgehead atoms. The van der Waals surface area contributed by atoms with Crippen LogP contribution >= 0.6 is 0 Å². The number of carbonyl (C=O) groups excluding carboxylic acids is 1. The van der Waals surface area contributed by atoms with Gasteiger partial charge in [-0.3, -0.25) is 4.79 Å². The molecule has 0 atom stereocenters. The largest absolute Gasteiger partial charge is 0.497 e. The minimum Gasteiger partial charge on any atom is -0.497 e. The number of amides is 1. The summed E-state index contributed by atoms with van der Waals surface area (Å²) in [6.07, 6.45) is 1.61. The normalized spacial score (nSPS) is 14.7. The van der Waals surface area contributed by atoms with Crippen LogP contribution in [0.3, 0.4) is 0 Å². The summed E-state index contributed by atoms with van der Waals surface area (Å²) < 4.78 is 23.9. The Bertz CT molecular complexity index is 724. The molecule has 0 unspecified atom stereocenters. The van der Waals surface area contributed by atoms with Crippen LogP contribution in [0.2, 0.25) is 0 Å². The van der Waals surface area contributed by atoms with Gasteiger partial charge >= 0.3 is 0 Å². The topological polar surface area (TPSA) is 38.8 Å². The summed E-state index contributed by atoms with van der Waals surface area (Å²) in [7, 11) is 3.40. The van der Waals surface area contributed by atoms with Crippen LogP contribution in [-0.4, -0.2) is 38.1 Å². The maximum atomic E-state index is 13.1. The highest BCUT2D eigenvalue weighted by Crippen LogP contribution is 2.49. The van der Waals surface area contributed by atoms with Crippen molar-refractivity contribution in [3.63, 3.8) is 0 Å². The maximum absolute atomic E-state index is 13.1. The first-order valence-corrected chi connectivity index (χ1v) is 8.34. The third-order valence-corrected chi connectivity index (χ3v) is 4.66. The Morgan fingerprint density at radius 1 is 1.08 bits per heavy atom. The second-order valence-electron chi connectivity index (χ2n) is 6.34. The fraction of sp³-hybridized carbons (Fsp3) is 0.350. The van der Waals surface area contributed by atoms with Crippen molar-refractivity contribution in [3.8, 4) is 11.5 Å². The number of methoxy groups -OCH3 is 1. The fourth-order valence-corrected chi connectivity index (χ4v) is 2.96. The highest BCUT2D eigenvalue weighted by molar-refractivity contribution is 5.91. The Morgan fingerprint density at radius 3 is 2.24 bits per heavy atom. The summed E-state index contributed by atoms with van der Waals surface area (Å²) in [5, 5.41) is 0. The molecule has 1 amide bonds. The second-order valence-corrected chi connectivity index (χ2v) is 6.34. The van der Waals surface area contributed by atoms with Gasteiger partial charge < -0.3 is 14.4 Å². The van der Waals surface area contributed by atoms with Crippen LogP contribution in [-0.2, 0) is 10.2 Å². The Balaban J connectivity index is 1.54. The minimum atomic E-state index is -0.484. The smallest absolute Gasteiger partial charge is 0.233 e. The van der Waals surface area contributed by atoms with Gasteiger partial charge in [-0.05, 0) is 54.8 Å². The maximum Gasteiger partial charge on any atom is 0.233 e.